The van der Waals surface area contributed by atoms with Gasteiger partial charge in [-0.05, 0) is 13.8 Å². The van der Waals surface area contributed by atoms with Crippen LogP contribution in [0.3, 0.4) is 0 Å². The van der Waals surface area contributed by atoms with E-state index < -0.39 is 0 Å². The number of carbonyl (C=O) groups excluding carboxylic acids is 1. The molecule has 6 nitrogen and oxygen atoms in total. The minimum Gasteiger partial charge on any atom is -0.468 e. The fourth-order valence-corrected chi connectivity index (χ4v) is 1.40. The molecule has 0 saturated carbocycles. The summed E-state index contributed by atoms with van der Waals surface area (Å²) in [5, 5.41) is 3.91. The highest BCUT2D eigenvalue weighted by Crippen LogP contribution is 2.12. The molecule has 0 aliphatic rings. The highest BCUT2D eigenvalue weighted by molar-refractivity contribution is 5.71. The largest absolute Gasteiger partial charge is 0.468 e. The smallest absolute Gasteiger partial charge is 0.319 e. The van der Waals surface area contributed by atoms with Crippen LogP contribution in [0.25, 0.3) is 0 Å². The molecule has 0 atom stereocenters. The second-order valence-corrected chi connectivity index (χ2v) is 4.78. The van der Waals surface area contributed by atoms with Crippen LogP contribution < -0.4 is 0 Å². The van der Waals surface area contributed by atoms with E-state index in [0.29, 0.717) is 18.3 Å². The van der Waals surface area contributed by atoms with E-state index in [1.165, 1.54) is 7.11 Å². The topological polar surface area (TPSA) is 68.5 Å². The minimum absolute atomic E-state index is 0.199. The summed E-state index contributed by atoms with van der Waals surface area (Å²) in [5.41, 5.74) is 0. The Bertz CT molecular complexity index is 388. The van der Waals surface area contributed by atoms with E-state index in [1.807, 2.05) is 32.6 Å². The van der Waals surface area contributed by atoms with Gasteiger partial charge in [0.1, 0.15) is 0 Å². The van der Waals surface area contributed by atoms with Crippen molar-refractivity contribution in [2.45, 2.75) is 46.2 Å². The zero-order valence-corrected chi connectivity index (χ0v) is 11.6. The molecule has 18 heavy (non-hydrogen) atoms. The lowest BCUT2D eigenvalue weighted by atomic mass is 10.2. The van der Waals surface area contributed by atoms with Gasteiger partial charge in [0.25, 0.3) is 0 Å². The van der Waals surface area contributed by atoms with Crippen LogP contribution in [0, 0.1) is 0 Å². The van der Waals surface area contributed by atoms with Gasteiger partial charge in [0.15, 0.2) is 5.82 Å². The van der Waals surface area contributed by atoms with E-state index in [1.54, 1.807) is 0 Å². The van der Waals surface area contributed by atoms with Crippen molar-refractivity contribution in [3.05, 3.63) is 11.7 Å². The lowest BCUT2D eigenvalue weighted by Gasteiger charge is -2.23. The number of esters is 1. The van der Waals surface area contributed by atoms with Crippen molar-refractivity contribution in [1.29, 1.82) is 0 Å². The van der Waals surface area contributed by atoms with E-state index >= 15 is 0 Å². The third kappa shape index (κ3) is 4.10. The Kier molecular flexibility index (Phi) is 5.27. The Morgan fingerprint density at radius 3 is 2.50 bits per heavy atom. The van der Waals surface area contributed by atoms with Crippen molar-refractivity contribution < 1.29 is 14.1 Å². The first-order valence-electron chi connectivity index (χ1n) is 6.07. The number of aromatic nitrogens is 2. The fraction of sp³-hybridized carbons (Fsp3) is 0.750. The molecule has 0 N–H and O–H groups in total. The molecule has 102 valence electrons. The summed E-state index contributed by atoms with van der Waals surface area (Å²) in [7, 11) is 1.38. The summed E-state index contributed by atoms with van der Waals surface area (Å²) in [6, 6.07) is 0.199. The predicted molar refractivity (Wildman–Crippen MR) is 65.9 cm³/mol. The number of nitrogens with zero attached hydrogens (tertiary/aromatic N) is 3. The van der Waals surface area contributed by atoms with Crippen molar-refractivity contribution in [2.75, 3.05) is 13.7 Å². The number of hydrogen-bond donors (Lipinski definition) is 0. The first kappa shape index (κ1) is 14.6. The van der Waals surface area contributed by atoms with Gasteiger partial charge in [-0.25, -0.2) is 0 Å². The van der Waals surface area contributed by atoms with Crippen LogP contribution in [0.5, 0.6) is 0 Å². The Morgan fingerprint density at radius 1 is 1.39 bits per heavy atom. The van der Waals surface area contributed by atoms with Gasteiger partial charge in [0.2, 0.25) is 5.89 Å². The molecule has 0 fully saturated rings. The molecule has 0 aliphatic heterocycles. The maximum Gasteiger partial charge on any atom is 0.319 e. The van der Waals surface area contributed by atoms with E-state index in [0.717, 1.165) is 0 Å². The van der Waals surface area contributed by atoms with E-state index in [2.05, 4.69) is 14.9 Å². The summed E-state index contributed by atoms with van der Waals surface area (Å²) in [4.78, 5) is 17.5. The Hall–Kier alpha value is -1.43. The van der Waals surface area contributed by atoms with Crippen LogP contribution in [0.2, 0.25) is 0 Å². The normalized spacial score (nSPS) is 11.6. The summed E-state index contributed by atoms with van der Waals surface area (Å²) in [6.45, 7) is 8.69. The lowest BCUT2D eigenvalue weighted by molar-refractivity contribution is -0.142. The van der Waals surface area contributed by atoms with Crippen LogP contribution in [0.4, 0.5) is 0 Å². The molecule has 0 radical (unpaired) electrons. The first-order chi connectivity index (χ1) is 8.43. The number of carbonyl (C=O) groups is 1. The number of hydrogen-bond acceptors (Lipinski definition) is 6. The highest BCUT2D eigenvalue weighted by Gasteiger charge is 2.18. The zero-order chi connectivity index (χ0) is 13.7. The highest BCUT2D eigenvalue weighted by atomic mass is 16.5. The Balaban J connectivity index is 2.67. The number of methoxy groups -OCH3 is 1. The van der Waals surface area contributed by atoms with Gasteiger partial charge < -0.3 is 9.26 Å². The maximum atomic E-state index is 11.3. The molecule has 1 aromatic rings. The molecule has 1 rings (SSSR count). The summed E-state index contributed by atoms with van der Waals surface area (Å²) in [6.07, 6.45) is 0. The molecule has 0 spiro atoms. The second-order valence-electron chi connectivity index (χ2n) is 4.78. The van der Waals surface area contributed by atoms with Crippen LogP contribution >= 0.6 is 0 Å². The van der Waals surface area contributed by atoms with Gasteiger partial charge in [-0.3, -0.25) is 9.69 Å². The monoisotopic (exact) mass is 255 g/mol. The fourth-order valence-electron chi connectivity index (χ4n) is 1.40. The average Bonchev–Trinajstić information content (AvgIpc) is 2.76. The van der Waals surface area contributed by atoms with Crippen molar-refractivity contribution in [3.8, 4) is 0 Å². The molecule has 0 unspecified atom stereocenters. The van der Waals surface area contributed by atoms with Gasteiger partial charge in [0, 0.05) is 12.0 Å². The molecule has 0 aliphatic carbocycles. The molecular weight excluding hydrogens is 234 g/mol. The summed E-state index contributed by atoms with van der Waals surface area (Å²) in [5.74, 6) is 1.15. The van der Waals surface area contributed by atoms with E-state index in [-0.39, 0.29) is 24.5 Å². The zero-order valence-electron chi connectivity index (χ0n) is 11.6. The first-order valence-corrected chi connectivity index (χ1v) is 6.07. The van der Waals surface area contributed by atoms with Crippen molar-refractivity contribution in [2.24, 2.45) is 0 Å². The molecule has 0 amide bonds. The van der Waals surface area contributed by atoms with Gasteiger partial charge >= 0.3 is 5.97 Å². The molecular formula is C12H21N3O3. The number of ether oxygens (including phenoxy) is 1. The third-order valence-corrected chi connectivity index (χ3v) is 2.61. The van der Waals surface area contributed by atoms with Crippen molar-refractivity contribution in [1.82, 2.24) is 15.0 Å². The van der Waals surface area contributed by atoms with Crippen LogP contribution in [-0.4, -0.2) is 40.7 Å². The van der Waals surface area contributed by atoms with Gasteiger partial charge in [-0.1, -0.05) is 19.0 Å². The SMILES string of the molecule is COC(=O)CN(Cc1noc(C(C)C)n1)C(C)C. The van der Waals surface area contributed by atoms with Crippen LogP contribution in [0.1, 0.15) is 45.3 Å². The molecule has 1 heterocycles. The van der Waals surface area contributed by atoms with E-state index in [9.17, 15) is 4.79 Å². The summed E-state index contributed by atoms with van der Waals surface area (Å²) >= 11 is 0. The average molecular weight is 255 g/mol. The quantitative estimate of drug-likeness (QED) is 0.719. The molecule has 6 heteroatoms. The lowest BCUT2D eigenvalue weighted by Crippen LogP contribution is -2.36. The van der Waals surface area contributed by atoms with Crippen LogP contribution in [-0.2, 0) is 16.1 Å². The van der Waals surface area contributed by atoms with Crippen LogP contribution in [0.15, 0.2) is 4.52 Å². The minimum atomic E-state index is -0.267. The second kappa shape index (κ2) is 6.49. The maximum absolute atomic E-state index is 11.3. The molecule has 1 aromatic heterocycles. The van der Waals surface area contributed by atoms with Gasteiger partial charge in [-0.2, -0.15) is 4.98 Å². The molecule has 0 bridgehead atoms. The van der Waals surface area contributed by atoms with Crippen molar-refractivity contribution in [3.63, 3.8) is 0 Å². The van der Waals surface area contributed by atoms with Gasteiger partial charge in [0.05, 0.1) is 20.2 Å². The van der Waals surface area contributed by atoms with Crippen molar-refractivity contribution >= 4 is 5.97 Å². The molecule has 0 saturated heterocycles. The Morgan fingerprint density at radius 2 is 2.06 bits per heavy atom. The van der Waals surface area contributed by atoms with E-state index in [4.69, 9.17) is 4.52 Å². The predicted octanol–water partition coefficient (Wildman–Crippen LogP) is 1.58. The third-order valence-electron chi connectivity index (χ3n) is 2.61. The standard InChI is InChI=1S/C12H21N3O3/c1-8(2)12-13-10(14-18-12)6-15(9(3)4)7-11(16)17-5/h8-9H,6-7H2,1-5H3. The molecule has 0 aromatic carbocycles. The Labute approximate surface area is 107 Å². The number of rotatable bonds is 6. The summed E-state index contributed by atoms with van der Waals surface area (Å²) < 4.78 is 9.80. The van der Waals surface area contributed by atoms with Gasteiger partial charge in [-0.15, -0.1) is 0 Å².